The van der Waals surface area contributed by atoms with Crippen molar-refractivity contribution < 1.29 is 9.53 Å². The molecule has 0 amide bonds. The van der Waals surface area contributed by atoms with Crippen LogP contribution in [0.4, 0.5) is 0 Å². The van der Waals surface area contributed by atoms with Crippen molar-refractivity contribution in [1.29, 1.82) is 0 Å². The molecule has 1 aliphatic carbocycles. The summed E-state index contributed by atoms with van der Waals surface area (Å²) in [6.07, 6.45) is 7.50. The lowest BCUT2D eigenvalue weighted by molar-refractivity contribution is -0.148. The van der Waals surface area contributed by atoms with Crippen LogP contribution >= 0.6 is 34.2 Å². The molecule has 1 heterocycles. The molecule has 3 atom stereocenters. The molecule has 1 aliphatic heterocycles. The van der Waals surface area contributed by atoms with Gasteiger partial charge in [0.05, 0.1) is 5.41 Å². The van der Waals surface area contributed by atoms with Crippen LogP contribution in [-0.2, 0) is 16.0 Å². The molecule has 1 saturated heterocycles. The highest BCUT2D eigenvalue weighted by Crippen LogP contribution is 2.49. The molecule has 21 heavy (non-hydrogen) atoms. The average Bonchev–Trinajstić information content (AvgIpc) is 2.75. The van der Waals surface area contributed by atoms with Gasteiger partial charge in [-0.15, -0.1) is 0 Å². The van der Waals surface area contributed by atoms with Gasteiger partial charge in [0.2, 0.25) is 0 Å². The van der Waals surface area contributed by atoms with Gasteiger partial charge in [0.15, 0.2) is 0 Å². The highest BCUT2D eigenvalue weighted by Gasteiger charge is 2.53. The van der Waals surface area contributed by atoms with E-state index in [4.69, 9.17) is 16.3 Å². The van der Waals surface area contributed by atoms with E-state index in [1.165, 1.54) is 5.56 Å². The molecular weight excluding hydrogens is 399 g/mol. The molecule has 0 unspecified atom stereocenters. The smallest absolute Gasteiger partial charge is 0.312 e. The summed E-state index contributed by atoms with van der Waals surface area (Å²) in [4.78, 5) is 12.2. The molecule has 0 N–H and O–H groups in total. The zero-order valence-electron chi connectivity index (χ0n) is 12.0. The van der Waals surface area contributed by atoms with E-state index in [1.54, 1.807) is 0 Å². The molecule has 1 aromatic rings. The highest BCUT2D eigenvalue weighted by atomic mass is 127. The van der Waals surface area contributed by atoms with E-state index >= 15 is 0 Å². The maximum Gasteiger partial charge on any atom is 0.312 e. The van der Waals surface area contributed by atoms with Crippen molar-refractivity contribution in [2.24, 2.45) is 5.41 Å². The minimum atomic E-state index is -0.160. The summed E-state index contributed by atoms with van der Waals surface area (Å²) in [5.74, 6) is 0.0677. The standard InChI is InChI=1S/C17H20ClIO2/c18-13-6-4-12(5-7-13)3-1-2-9-17-10-8-14(19)15(11-17)21-16(17)20/h4-7,14-15H,1-3,8-11H2/t14-,15-,17-/m1/s1. The summed E-state index contributed by atoms with van der Waals surface area (Å²) in [5, 5.41) is 0.785. The molecule has 2 fully saturated rings. The average molecular weight is 419 g/mol. The number of alkyl halides is 1. The first-order valence-electron chi connectivity index (χ1n) is 7.69. The van der Waals surface area contributed by atoms with E-state index in [2.05, 4.69) is 34.7 Å². The number of rotatable bonds is 5. The number of carbonyl (C=O) groups is 1. The van der Waals surface area contributed by atoms with Crippen molar-refractivity contribution in [2.75, 3.05) is 0 Å². The van der Waals surface area contributed by atoms with Crippen molar-refractivity contribution in [3.8, 4) is 0 Å². The Hall–Kier alpha value is -0.290. The molecule has 2 bridgehead atoms. The molecule has 2 aliphatic rings. The van der Waals surface area contributed by atoms with Crippen molar-refractivity contribution in [1.82, 2.24) is 0 Å². The van der Waals surface area contributed by atoms with Crippen LogP contribution in [0.1, 0.15) is 44.1 Å². The third-order valence-corrected chi connectivity index (χ3v) is 6.55. The zero-order chi connectivity index (χ0) is 14.9. The minimum absolute atomic E-state index is 0.0677. The van der Waals surface area contributed by atoms with Gasteiger partial charge in [-0.25, -0.2) is 0 Å². The van der Waals surface area contributed by atoms with Gasteiger partial charge < -0.3 is 4.74 Å². The summed E-state index contributed by atoms with van der Waals surface area (Å²) in [5.41, 5.74) is 1.16. The predicted octanol–water partition coefficient (Wildman–Crippen LogP) is 4.95. The third-order valence-electron chi connectivity index (χ3n) is 4.87. The normalized spacial score (nSPS) is 31.2. The van der Waals surface area contributed by atoms with Crippen molar-refractivity contribution >= 4 is 40.2 Å². The van der Waals surface area contributed by atoms with Crippen molar-refractivity contribution in [3.05, 3.63) is 34.9 Å². The number of hydrogen-bond acceptors (Lipinski definition) is 2. The second kappa shape index (κ2) is 6.45. The molecule has 1 saturated carbocycles. The summed E-state index contributed by atoms with van der Waals surface area (Å²) >= 11 is 8.32. The molecule has 3 rings (SSSR count). The van der Waals surface area contributed by atoms with Crippen molar-refractivity contribution in [3.63, 3.8) is 0 Å². The quantitative estimate of drug-likeness (QED) is 0.293. The fourth-order valence-electron chi connectivity index (χ4n) is 3.55. The second-order valence-corrected chi connectivity index (χ2v) is 8.35. The van der Waals surface area contributed by atoms with Gasteiger partial charge in [-0.2, -0.15) is 0 Å². The summed E-state index contributed by atoms with van der Waals surface area (Å²) in [7, 11) is 0. The first-order valence-corrected chi connectivity index (χ1v) is 9.31. The van der Waals surface area contributed by atoms with Crippen LogP contribution in [0, 0.1) is 5.41 Å². The van der Waals surface area contributed by atoms with E-state index in [1.807, 2.05) is 12.1 Å². The molecule has 0 radical (unpaired) electrons. The Morgan fingerprint density at radius 2 is 2.05 bits per heavy atom. The Morgan fingerprint density at radius 1 is 1.29 bits per heavy atom. The first kappa shape index (κ1) is 15.6. The van der Waals surface area contributed by atoms with Gasteiger partial charge in [-0.05, 0) is 49.8 Å². The molecular formula is C17H20ClIO2. The van der Waals surface area contributed by atoms with Crippen LogP contribution in [0.2, 0.25) is 5.02 Å². The van der Waals surface area contributed by atoms with Gasteiger partial charge >= 0.3 is 5.97 Å². The number of fused-ring (bicyclic) bond motifs is 2. The lowest BCUT2D eigenvalue weighted by atomic mass is 9.72. The molecule has 0 spiro atoms. The molecule has 4 heteroatoms. The third kappa shape index (κ3) is 3.39. The Balaban J connectivity index is 1.49. The minimum Gasteiger partial charge on any atom is -0.461 e. The maximum atomic E-state index is 12.2. The topological polar surface area (TPSA) is 26.3 Å². The van der Waals surface area contributed by atoms with E-state index < -0.39 is 0 Å². The van der Waals surface area contributed by atoms with Crippen LogP contribution in [0.25, 0.3) is 0 Å². The predicted molar refractivity (Wildman–Crippen MR) is 93.0 cm³/mol. The largest absolute Gasteiger partial charge is 0.461 e. The fourth-order valence-corrected chi connectivity index (χ4v) is 4.39. The van der Waals surface area contributed by atoms with E-state index in [9.17, 15) is 4.79 Å². The Kier molecular flexibility index (Phi) is 4.79. The molecule has 0 aromatic heterocycles. The number of benzene rings is 1. The first-order chi connectivity index (χ1) is 10.1. The summed E-state index contributed by atoms with van der Waals surface area (Å²) in [6, 6.07) is 8.05. The molecule has 2 nitrogen and oxygen atoms in total. The maximum absolute atomic E-state index is 12.2. The molecule has 114 valence electrons. The number of halogens is 2. The van der Waals surface area contributed by atoms with Gasteiger partial charge in [0, 0.05) is 15.4 Å². The Morgan fingerprint density at radius 3 is 2.81 bits per heavy atom. The van der Waals surface area contributed by atoms with Crippen LogP contribution in [0.3, 0.4) is 0 Å². The van der Waals surface area contributed by atoms with Gasteiger partial charge in [-0.1, -0.05) is 52.7 Å². The lowest BCUT2D eigenvalue weighted by Crippen LogP contribution is -2.32. The number of hydrogen-bond donors (Lipinski definition) is 0. The zero-order valence-corrected chi connectivity index (χ0v) is 14.9. The van der Waals surface area contributed by atoms with E-state index in [0.29, 0.717) is 3.92 Å². The Bertz CT molecular complexity index is 516. The summed E-state index contributed by atoms with van der Waals surface area (Å²) in [6.45, 7) is 0. The second-order valence-electron chi connectivity index (χ2n) is 6.32. The monoisotopic (exact) mass is 418 g/mol. The SMILES string of the molecule is O=C1O[C@@H]2C[C@@]1(CCCCc1ccc(Cl)cc1)CC[C@H]2I. The number of aryl methyl sites for hydroxylation is 1. The number of unbranched alkanes of at least 4 members (excludes halogenated alkanes) is 1. The lowest BCUT2D eigenvalue weighted by Gasteiger charge is -2.30. The number of ether oxygens (including phenoxy) is 1. The van der Waals surface area contributed by atoms with Crippen LogP contribution in [0.15, 0.2) is 24.3 Å². The van der Waals surface area contributed by atoms with E-state index in [0.717, 1.165) is 50.0 Å². The van der Waals surface area contributed by atoms with Crippen LogP contribution in [-0.4, -0.2) is 16.0 Å². The van der Waals surface area contributed by atoms with Gasteiger partial charge in [0.25, 0.3) is 0 Å². The Labute approximate surface area is 144 Å². The van der Waals surface area contributed by atoms with Gasteiger partial charge in [-0.3, -0.25) is 4.79 Å². The van der Waals surface area contributed by atoms with Crippen LogP contribution < -0.4 is 0 Å². The number of carbonyl (C=O) groups excluding carboxylic acids is 1. The van der Waals surface area contributed by atoms with Crippen molar-refractivity contribution in [2.45, 2.75) is 55.0 Å². The van der Waals surface area contributed by atoms with E-state index in [-0.39, 0.29) is 17.5 Å². The fraction of sp³-hybridized carbons (Fsp3) is 0.588. The van der Waals surface area contributed by atoms with Crippen LogP contribution in [0.5, 0.6) is 0 Å². The number of esters is 1. The summed E-state index contributed by atoms with van der Waals surface area (Å²) < 4.78 is 6.08. The molecule has 1 aromatic carbocycles. The highest BCUT2D eigenvalue weighted by molar-refractivity contribution is 14.1. The van der Waals surface area contributed by atoms with Gasteiger partial charge in [0.1, 0.15) is 6.10 Å².